The van der Waals surface area contributed by atoms with Crippen molar-refractivity contribution < 1.29 is 0 Å². The van der Waals surface area contributed by atoms with Crippen LogP contribution < -0.4 is 0 Å². The lowest BCUT2D eigenvalue weighted by molar-refractivity contribution is 0.600. The highest BCUT2D eigenvalue weighted by Gasteiger charge is 2.05. The molecule has 0 aliphatic heterocycles. The van der Waals surface area contributed by atoms with Crippen LogP contribution in [0, 0.1) is 5.92 Å². The fourth-order valence-electron chi connectivity index (χ4n) is 1.51. The summed E-state index contributed by atoms with van der Waals surface area (Å²) in [7, 11) is 0. The summed E-state index contributed by atoms with van der Waals surface area (Å²) in [5.41, 5.74) is 0. The highest BCUT2D eigenvalue weighted by Crippen LogP contribution is 2.21. The van der Waals surface area contributed by atoms with Gasteiger partial charge in [0.25, 0.3) is 0 Å². The Kier molecular flexibility index (Phi) is 8.10. The molecule has 1 radical (unpaired) electrons. The Morgan fingerprint density at radius 1 is 0.727 bits per heavy atom. The van der Waals surface area contributed by atoms with Crippen LogP contribution in [0.15, 0.2) is 0 Å². The normalized spacial score (nSPS) is 10.9. The van der Waals surface area contributed by atoms with Gasteiger partial charge in [-0.15, -0.1) is 0 Å². The lowest BCUT2D eigenvalue weighted by atomic mass is 9.93. The van der Waals surface area contributed by atoms with Crippen molar-refractivity contribution in [1.29, 1.82) is 0 Å². The SMILES string of the molecule is CCCC[C](CCC)CCC. The lowest BCUT2D eigenvalue weighted by Gasteiger charge is -2.13. The maximum absolute atomic E-state index is 2.28. The minimum atomic E-state index is 1.33. The lowest BCUT2D eigenvalue weighted by Crippen LogP contribution is -1.96. The molecule has 0 spiro atoms. The van der Waals surface area contributed by atoms with E-state index >= 15 is 0 Å². The molecule has 0 amide bonds. The fourth-order valence-corrected chi connectivity index (χ4v) is 1.51. The van der Waals surface area contributed by atoms with Crippen molar-refractivity contribution in [3.05, 3.63) is 5.92 Å². The van der Waals surface area contributed by atoms with Crippen molar-refractivity contribution in [2.24, 2.45) is 0 Å². The van der Waals surface area contributed by atoms with Crippen LogP contribution in [0.4, 0.5) is 0 Å². The Morgan fingerprint density at radius 2 is 1.27 bits per heavy atom. The summed E-state index contributed by atoms with van der Waals surface area (Å²) in [6.07, 6.45) is 9.53. The molecule has 0 bridgehead atoms. The summed E-state index contributed by atoms with van der Waals surface area (Å²) in [5.74, 6) is 1.80. The zero-order valence-corrected chi connectivity index (χ0v) is 8.45. The van der Waals surface area contributed by atoms with Crippen LogP contribution in [-0.4, -0.2) is 0 Å². The first-order chi connectivity index (χ1) is 5.35. The van der Waals surface area contributed by atoms with E-state index in [4.69, 9.17) is 0 Å². The zero-order chi connectivity index (χ0) is 8.53. The molecule has 0 heterocycles. The van der Waals surface area contributed by atoms with E-state index < -0.39 is 0 Å². The molecule has 0 saturated carbocycles. The molecule has 0 aromatic carbocycles. The largest absolute Gasteiger partial charge is 0.0654 e. The molecule has 0 atom stereocenters. The average Bonchev–Trinajstić information content (AvgIpc) is 2.01. The predicted molar refractivity (Wildman–Crippen MR) is 52.6 cm³/mol. The van der Waals surface area contributed by atoms with E-state index in [0.717, 1.165) is 0 Å². The minimum Gasteiger partial charge on any atom is -0.0654 e. The predicted octanol–water partition coefficient (Wildman–Crippen LogP) is 4.35. The third-order valence-corrected chi connectivity index (χ3v) is 2.09. The Morgan fingerprint density at radius 3 is 1.64 bits per heavy atom. The Bertz CT molecular complexity index is 60.4. The first kappa shape index (κ1) is 11.0. The van der Waals surface area contributed by atoms with Crippen LogP contribution in [0.5, 0.6) is 0 Å². The Hall–Kier alpha value is 0. The molecule has 0 nitrogen and oxygen atoms in total. The van der Waals surface area contributed by atoms with Gasteiger partial charge in [0, 0.05) is 0 Å². The van der Waals surface area contributed by atoms with E-state index in [-0.39, 0.29) is 0 Å². The van der Waals surface area contributed by atoms with Gasteiger partial charge >= 0.3 is 0 Å². The number of unbranched alkanes of at least 4 members (excludes halogenated alkanes) is 1. The Labute approximate surface area is 72.4 Å². The van der Waals surface area contributed by atoms with Crippen molar-refractivity contribution in [1.82, 2.24) is 0 Å². The molecule has 0 aliphatic carbocycles. The van der Waals surface area contributed by atoms with Crippen molar-refractivity contribution in [2.45, 2.75) is 65.7 Å². The topological polar surface area (TPSA) is 0 Å². The van der Waals surface area contributed by atoms with Gasteiger partial charge in [-0.05, 0) is 25.2 Å². The molecular formula is C11H23. The standard InChI is InChI=1S/C11H23/c1-4-7-10-11(8-5-2)9-6-3/h4-10H2,1-3H3. The Balaban J connectivity index is 3.34. The van der Waals surface area contributed by atoms with Crippen LogP contribution in [0.1, 0.15) is 65.7 Å². The quantitative estimate of drug-likeness (QED) is 0.512. The first-order valence-corrected chi connectivity index (χ1v) is 5.18. The van der Waals surface area contributed by atoms with Crippen molar-refractivity contribution in [3.63, 3.8) is 0 Å². The van der Waals surface area contributed by atoms with Crippen LogP contribution in [-0.2, 0) is 0 Å². The van der Waals surface area contributed by atoms with Crippen LogP contribution >= 0.6 is 0 Å². The molecule has 11 heavy (non-hydrogen) atoms. The van der Waals surface area contributed by atoms with Gasteiger partial charge in [0.05, 0.1) is 0 Å². The summed E-state index contributed by atoms with van der Waals surface area (Å²) in [4.78, 5) is 0. The monoisotopic (exact) mass is 155 g/mol. The average molecular weight is 155 g/mol. The second kappa shape index (κ2) is 8.10. The number of rotatable bonds is 7. The maximum atomic E-state index is 2.28. The number of hydrogen-bond acceptors (Lipinski definition) is 0. The maximum Gasteiger partial charge on any atom is -0.0241 e. The van der Waals surface area contributed by atoms with E-state index in [1.165, 1.54) is 44.9 Å². The third-order valence-electron chi connectivity index (χ3n) is 2.09. The summed E-state index contributed by atoms with van der Waals surface area (Å²) < 4.78 is 0. The third kappa shape index (κ3) is 6.40. The van der Waals surface area contributed by atoms with Crippen LogP contribution in [0.3, 0.4) is 0 Å². The van der Waals surface area contributed by atoms with Gasteiger partial charge < -0.3 is 0 Å². The number of hydrogen-bond donors (Lipinski definition) is 0. The van der Waals surface area contributed by atoms with Crippen LogP contribution in [0.2, 0.25) is 0 Å². The smallest absolute Gasteiger partial charge is 0.0241 e. The van der Waals surface area contributed by atoms with Crippen molar-refractivity contribution in [3.8, 4) is 0 Å². The van der Waals surface area contributed by atoms with Gasteiger partial charge in [-0.25, -0.2) is 0 Å². The van der Waals surface area contributed by atoms with E-state index in [1.807, 2.05) is 0 Å². The zero-order valence-electron chi connectivity index (χ0n) is 8.45. The first-order valence-electron chi connectivity index (χ1n) is 5.18. The highest BCUT2D eigenvalue weighted by atomic mass is 14.1. The van der Waals surface area contributed by atoms with Gasteiger partial charge in [0.15, 0.2) is 0 Å². The van der Waals surface area contributed by atoms with Gasteiger partial charge in [-0.2, -0.15) is 0 Å². The van der Waals surface area contributed by atoms with Gasteiger partial charge in [0.2, 0.25) is 0 Å². The molecule has 0 rings (SSSR count). The van der Waals surface area contributed by atoms with Gasteiger partial charge in [-0.1, -0.05) is 46.5 Å². The van der Waals surface area contributed by atoms with Crippen molar-refractivity contribution in [2.75, 3.05) is 0 Å². The van der Waals surface area contributed by atoms with Crippen molar-refractivity contribution >= 4 is 0 Å². The molecule has 0 aromatic rings. The molecule has 0 aliphatic rings. The fraction of sp³-hybridized carbons (Fsp3) is 0.909. The second-order valence-electron chi connectivity index (χ2n) is 3.35. The summed E-state index contributed by atoms with van der Waals surface area (Å²) >= 11 is 0. The molecule has 0 N–H and O–H groups in total. The molecule has 0 aromatic heterocycles. The molecule has 0 unspecified atom stereocenters. The van der Waals surface area contributed by atoms with E-state index in [0.29, 0.717) is 0 Å². The van der Waals surface area contributed by atoms with Gasteiger partial charge in [0.1, 0.15) is 0 Å². The summed E-state index contributed by atoms with van der Waals surface area (Å²) in [6, 6.07) is 0. The molecule has 0 saturated heterocycles. The molecule has 0 heteroatoms. The summed E-state index contributed by atoms with van der Waals surface area (Å²) in [6.45, 7) is 6.83. The minimum absolute atomic E-state index is 1.33. The van der Waals surface area contributed by atoms with E-state index in [9.17, 15) is 0 Å². The van der Waals surface area contributed by atoms with E-state index in [2.05, 4.69) is 20.8 Å². The molecule has 67 valence electrons. The second-order valence-corrected chi connectivity index (χ2v) is 3.35. The van der Waals surface area contributed by atoms with E-state index in [1.54, 1.807) is 5.92 Å². The van der Waals surface area contributed by atoms with Gasteiger partial charge in [-0.3, -0.25) is 0 Å². The molecular weight excluding hydrogens is 132 g/mol. The highest BCUT2D eigenvalue weighted by molar-refractivity contribution is 4.87. The van der Waals surface area contributed by atoms with Crippen LogP contribution in [0.25, 0.3) is 0 Å². The molecule has 0 fully saturated rings. The summed E-state index contributed by atoms with van der Waals surface area (Å²) in [5, 5.41) is 0.